The number of amides is 1. The Hall–Kier alpha value is -2.02. The van der Waals surface area contributed by atoms with Crippen molar-refractivity contribution in [2.45, 2.75) is 32.0 Å². The first-order valence-electron chi connectivity index (χ1n) is 6.63. The van der Waals surface area contributed by atoms with Gasteiger partial charge in [-0.2, -0.15) is 4.98 Å². The molecule has 0 aliphatic carbocycles. The predicted molar refractivity (Wildman–Crippen MR) is 84.0 cm³/mol. The second-order valence-corrected chi connectivity index (χ2v) is 5.87. The van der Waals surface area contributed by atoms with Crippen LogP contribution in [0.3, 0.4) is 0 Å². The Morgan fingerprint density at radius 2 is 2.19 bits per heavy atom. The van der Waals surface area contributed by atoms with Crippen molar-refractivity contribution in [2.75, 3.05) is 11.5 Å². The Morgan fingerprint density at radius 1 is 1.43 bits per heavy atom. The number of aromatic amines is 1. The number of hydrogen-bond acceptors (Lipinski definition) is 5. The molecule has 2 rings (SSSR count). The molecule has 0 bridgehead atoms. The van der Waals surface area contributed by atoms with Gasteiger partial charge in [0.05, 0.1) is 11.8 Å². The third kappa shape index (κ3) is 4.22. The lowest BCUT2D eigenvalue weighted by atomic mass is 10.0. The quantitative estimate of drug-likeness (QED) is 0.734. The highest BCUT2D eigenvalue weighted by atomic mass is 32.2. The molecule has 7 heteroatoms. The summed E-state index contributed by atoms with van der Waals surface area (Å²) in [4.78, 5) is 15.9. The minimum atomic E-state index is -0.0610. The number of hydrogen-bond donors (Lipinski definition) is 3. The molecule has 1 heterocycles. The van der Waals surface area contributed by atoms with Crippen LogP contribution >= 0.6 is 11.8 Å². The molecule has 21 heavy (non-hydrogen) atoms. The minimum absolute atomic E-state index is 0.0328. The molecule has 1 atom stereocenters. The van der Waals surface area contributed by atoms with Gasteiger partial charge in [0.15, 0.2) is 0 Å². The Morgan fingerprint density at radius 3 is 2.81 bits per heavy atom. The number of aryl methyl sites for hydroxylation is 2. The van der Waals surface area contributed by atoms with Crippen LogP contribution in [0.4, 0.5) is 5.95 Å². The molecule has 0 saturated carbocycles. The van der Waals surface area contributed by atoms with E-state index in [0.717, 1.165) is 5.56 Å². The molecule has 4 N–H and O–H groups in total. The van der Waals surface area contributed by atoms with Gasteiger partial charge in [-0.3, -0.25) is 4.79 Å². The highest BCUT2D eigenvalue weighted by Crippen LogP contribution is 2.17. The normalized spacial score (nSPS) is 12.1. The highest BCUT2D eigenvalue weighted by Gasteiger charge is 2.11. The number of benzene rings is 1. The van der Waals surface area contributed by atoms with Crippen LogP contribution in [-0.2, 0) is 4.79 Å². The summed E-state index contributed by atoms with van der Waals surface area (Å²) < 4.78 is 0. The van der Waals surface area contributed by atoms with E-state index in [4.69, 9.17) is 5.73 Å². The molecule has 0 fully saturated rings. The molecule has 2 aromatic rings. The Bertz CT molecular complexity index is 640. The van der Waals surface area contributed by atoms with Crippen molar-refractivity contribution in [3.05, 3.63) is 34.9 Å². The van der Waals surface area contributed by atoms with E-state index >= 15 is 0 Å². The molecule has 0 saturated heterocycles. The number of nitrogens with two attached hydrogens (primary N) is 1. The molecule has 6 nitrogen and oxygen atoms in total. The molecule has 0 radical (unpaired) electrons. The third-order valence-electron chi connectivity index (χ3n) is 3.22. The van der Waals surface area contributed by atoms with Gasteiger partial charge in [0, 0.05) is 0 Å². The van der Waals surface area contributed by atoms with E-state index in [1.165, 1.54) is 22.9 Å². The monoisotopic (exact) mass is 305 g/mol. The average molecular weight is 305 g/mol. The van der Waals surface area contributed by atoms with Gasteiger partial charge in [-0.25, -0.2) is 5.10 Å². The van der Waals surface area contributed by atoms with Crippen molar-refractivity contribution < 1.29 is 4.79 Å². The standard InChI is InChI=1S/C14H19N5OS/c1-8-4-5-11(6-9(8)2)10(3)16-12(20)7-21-14-17-13(15)18-19-14/h4-6,10H,7H2,1-3H3,(H,16,20)(H3,15,17,18,19)/t10-/m1/s1. The van der Waals surface area contributed by atoms with Crippen molar-refractivity contribution in [1.82, 2.24) is 20.5 Å². The van der Waals surface area contributed by atoms with Crippen LogP contribution in [0.5, 0.6) is 0 Å². The second-order valence-electron chi connectivity index (χ2n) is 4.92. The van der Waals surface area contributed by atoms with E-state index in [1.807, 2.05) is 13.0 Å². The first-order chi connectivity index (χ1) is 9.95. The maximum Gasteiger partial charge on any atom is 0.230 e. The van der Waals surface area contributed by atoms with Gasteiger partial charge in [0.25, 0.3) is 0 Å². The van der Waals surface area contributed by atoms with Crippen LogP contribution in [0.25, 0.3) is 0 Å². The summed E-state index contributed by atoms with van der Waals surface area (Å²) in [5, 5.41) is 9.84. The number of anilines is 1. The smallest absolute Gasteiger partial charge is 0.230 e. The number of carbonyl (C=O) groups is 1. The van der Waals surface area contributed by atoms with E-state index in [-0.39, 0.29) is 23.7 Å². The molecule has 1 aromatic carbocycles. The zero-order valence-electron chi connectivity index (χ0n) is 12.3. The maximum atomic E-state index is 11.9. The van der Waals surface area contributed by atoms with E-state index in [9.17, 15) is 4.79 Å². The molecular weight excluding hydrogens is 286 g/mol. The lowest BCUT2D eigenvalue weighted by molar-refractivity contribution is -0.119. The van der Waals surface area contributed by atoms with Crippen LogP contribution in [0.1, 0.15) is 29.7 Å². The lowest BCUT2D eigenvalue weighted by Crippen LogP contribution is -2.28. The number of aromatic nitrogens is 3. The summed E-state index contributed by atoms with van der Waals surface area (Å²) in [6.07, 6.45) is 0. The number of rotatable bonds is 5. The van der Waals surface area contributed by atoms with Crippen molar-refractivity contribution in [3.8, 4) is 0 Å². The van der Waals surface area contributed by atoms with Gasteiger partial charge in [-0.05, 0) is 37.5 Å². The van der Waals surface area contributed by atoms with Crippen LogP contribution in [-0.4, -0.2) is 26.8 Å². The van der Waals surface area contributed by atoms with Gasteiger partial charge in [-0.15, -0.1) is 5.10 Å². The van der Waals surface area contributed by atoms with Gasteiger partial charge in [0.1, 0.15) is 0 Å². The maximum absolute atomic E-state index is 11.9. The third-order valence-corrected chi connectivity index (χ3v) is 4.07. The summed E-state index contributed by atoms with van der Waals surface area (Å²) >= 11 is 1.25. The van der Waals surface area contributed by atoms with Crippen molar-refractivity contribution in [3.63, 3.8) is 0 Å². The second kappa shape index (κ2) is 6.62. The number of H-pyrrole nitrogens is 1. The highest BCUT2D eigenvalue weighted by molar-refractivity contribution is 7.99. The van der Waals surface area contributed by atoms with Crippen molar-refractivity contribution in [1.29, 1.82) is 0 Å². The Labute approximate surface area is 127 Å². The molecule has 1 aromatic heterocycles. The van der Waals surface area contributed by atoms with Crippen molar-refractivity contribution >= 4 is 23.6 Å². The molecule has 1 amide bonds. The largest absolute Gasteiger partial charge is 0.368 e. The fraction of sp³-hybridized carbons (Fsp3) is 0.357. The number of nitrogens with zero attached hydrogens (tertiary/aromatic N) is 2. The van der Waals surface area contributed by atoms with E-state index in [1.54, 1.807) is 0 Å². The van der Waals surface area contributed by atoms with E-state index in [2.05, 4.69) is 46.5 Å². The Kier molecular flexibility index (Phi) is 4.85. The SMILES string of the molecule is Cc1ccc([C@@H](C)NC(=O)CSc2n[nH]c(N)n2)cc1C. The molecule has 0 spiro atoms. The van der Waals surface area contributed by atoms with E-state index in [0.29, 0.717) is 5.16 Å². The summed E-state index contributed by atoms with van der Waals surface area (Å²) in [5.74, 6) is 0.447. The fourth-order valence-corrected chi connectivity index (χ4v) is 2.47. The lowest BCUT2D eigenvalue weighted by Gasteiger charge is -2.15. The summed E-state index contributed by atoms with van der Waals surface area (Å²) in [7, 11) is 0. The summed E-state index contributed by atoms with van der Waals surface area (Å²) in [6.45, 7) is 6.11. The Balaban J connectivity index is 1.88. The van der Waals surface area contributed by atoms with Crippen LogP contribution in [0.15, 0.2) is 23.4 Å². The topological polar surface area (TPSA) is 96.7 Å². The summed E-state index contributed by atoms with van der Waals surface area (Å²) in [5.41, 5.74) is 8.99. The fourth-order valence-electron chi connectivity index (χ4n) is 1.85. The zero-order chi connectivity index (χ0) is 15.4. The summed E-state index contributed by atoms with van der Waals surface area (Å²) in [6, 6.07) is 6.17. The number of nitrogen functional groups attached to an aromatic ring is 1. The van der Waals surface area contributed by atoms with Gasteiger partial charge < -0.3 is 11.1 Å². The molecular formula is C14H19N5OS. The average Bonchev–Trinajstić information content (AvgIpc) is 2.85. The van der Waals surface area contributed by atoms with Gasteiger partial charge in [-0.1, -0.05) is 30.0 Å². The number of nitrogens with one attached hydrogen (secondary N) is 2. The first kappa shape index (κ1) is 15.4. The number of thioether (sulfide) groups is 1. The zero-order valence-corrected chi connectivity index (χ0v) is 13.1. The predicted octanol–water partition coefficient (Wildman–Crippen LogP) is 1.97. The van der Waals surface area contributed by atoms with Crippen LogP contribution < -0.4 is 11.1 Å². The number of carbonyl (C=O) groups excluding carboxylic acids is 1. The van der Waals surface area contributed by atoms with Crippen LogP contribution in [0, 0.1) is 13.8 Å². The molecule has 0 aliphatic heterocycles. The first-order valence-corrected chi connectivity index (χ1v) is 7.61. The molecule has 0 aliphatic rings. The van der Waals surface area contributed by atoms with Gasteiger partial charge in [0.2, 0.25) is 17.0 Å². The minimum Gasteiger partial charge on any atom is -0.368 e. The van der Waals surface area contributed by atoms with E-state index < -0.39 is 0 Å². The van der Waals surface area contributed by atoms with Crippen molar-refractivity contribution in [2.24, 2.45) is 0 Å². The van der Waals surface area contributed by atoms with Crippen LogP contribution in [0.2, 0.25) is 0 Å². The van der Waals surface area contributed by atoms with Gasteiger partial charge >= 0.3 is 0 Å². The molecule has 112 valence electrons. The molecule has 0 unspecified atom stereocenters.